The minimum Gasteiger partial charge on any atom is -0.352 e. The fourth-order valence-corrected chi connectivity index (χ4v) is 6.50. The highest BCUT2D eigenvalue weighted by atomic mass is 127. The molecule has 0 fully saturated rings. The average molecular weight is 730 g/mol. The van der Waals surface area contributed by atoms with Gasteiger partial charge in [-0.3, -0.25) is 13.9 Å². The predicted molar refractivity (Wildman–Crippen MR) is 179 cm³/mol. The van der Waals surface area contributed by atoms with Crippen molar-refractivity contribution in [2.45, 2.75) is 43.8 Å². The molecule has 1 atom stereocenters. The van der Waals surface area contributed by atoms with Gasteiger partial charge in [0.05, 0.1) is 10.6 Å². The highest BCUT2D eigenvalue weighted by molar-refractivity contribution is 14.1. The number of anilines is 1. The van der Waals surface area contributed by atoms with Gasteiger partial charge in [-0.25, -0.2) is 8.42 Å². The first-order chi connectivity index (χ1) is 20.5. The van der Waals surface area contributed by atoms with Crippen LogP contribution in [-0.2, 0) is 32.6 Å². The second-order valence-corrected chi connectivity index (χ2v) is 13.9. The van der Waals surface area contributed by atoms with E-state index in [-0.39, 0.29) is 29.8 Å². The lowest BCUT2D eigenvalue weighted by molar-refractivity contribution is -0.140. The zero-order valence-corrected chi connectivity index (χ0v) is 27.6. The first-order valence-electron chi connectivity index (χ1n) is 13.8. The number of nitrogens with zero attached hydrogens (tertiary/aromatic N) is 2. The third-order valence-corrected chi connectivity index (χ3v) is 9.45. The maximum atomic E-state index is 14.4. The summed E-state index contributed by atoms with van der Waals surface area (Å²) in [6, 6.07) is 30.3. The smallest absolute Gasteiger partial charge is 0.264 e. The van der Waals surface area contributed by atoms with Crippen LogP contribution in [0.25, 0.3) is 0 Å². The molecule has 0 saturated heterocycles. The summed E-state index contributed by atoms with van der Waals surface area (Å²) < 4.78 is 30.0. The molecule has 0 radical (unpaired) electrons. The van der Waals surface area contributed by atoms with Crippen LogP contribution in [-0.4, -0.2) is 43.8 Å². The predicted octanol–water partition coefficient (Wildman–Crippen LogP) is 6.30. The van der Waals surface area contributed by atoms with Crippen LogP contribution in [0.3, 0.4) is 0 Å². The summed E-state index contributed by atoms with van der Waals surface area (Å²) in [5.41, 5.74) is 1.96. The van der Waals surface area contributed by atoms with Crippen LogP contribution in [0.15, 0.2) is 114 Å². The van der Waals surface area contributed by atoms with Gasteiger partial charge in [0.15, 0.2) is 0 Å². The van der Waals surface area contributed by atoms with Crippen LogP contribution >= 0.6 is 34.2 Å². The topological polar surface area (TPSA) is 86.8 Å². The molecule has 0 unspecified atom stereocenters. The van der Waals surface area contributed by atoms with Gasteiger partial charge in [0.2, 0.25) is 11.8 Å². The first-order valence-corrected chi connectivity index (χ1v) is 16.7. The quantitative estimate of drug-likeness (QED) is 0.174. The van der Waals surface area contributed by atoms with E-state index in [1.54, 1.807) is 66.7 Å². The molecule has 0 aliphatic rings. The van der Waals surface area contributed by atoms with Crippen LogP contribution in [0.5, 0.6) is 0 Å². The molecular formula is C33H33ClIN3O4S. The fraction of sp³-hybridized carbons (Fsp3) is 0.212. The summed E-state index contributed by atoms with van der Waals surface area (Å²) in [5, 5.41) is 3.49. The van der Waals surface area contributed by atoms with Gasteiger partial charge in [0, 0.05) is 27.6 Å². The van der Waals surface area contributed by atoms with Gasteiger partial charge in [0.1, 0.15) is 12.6 Å². The van der Waals surface area contributed by atoms with Crippen LogP contribution < -0.4 is 9.62 Å². The Bertz CT molecular complexity index is 1620. The van der Waals surface area contributed by atoms with E-state index in [0.29, 0.717) is 10.7 Å². The molecule has 1 N–H and O–H groups in total. The van der Waals surface area contributed by atoms with Crippen molar-refractivity contribution in [2.24, 2.45) is 0 Å². The Hall–Kier alpha value is -3.41. The molecule has 10 heteroatoms. The molecule has 2 amide bonds. The minimum atomic E-state index is -4.13. The van der Waals surface area contributed by atoms with Crippen LogP contribution in [0.2, 0.25) is 5.02 Å². The standard InChI is InChI=1S/C33H33ClIN3O4S/c1-24(2)36-33(40)31(21-25-9-5-3-6-10-25)37(22-26-13-15-27(34)16-14-26)32(39)23-38(29-19-17-28(35)18-20-29)43(41,42)30-11-7-4-8-12-30/h3-20,24,31H,21-23H2,1-2H3,(H,36,40)/t31-/m0/s1. The van der Waals surface area contributed by atoms with Crippen LogP contribution in [0, 0.1) is 3.57 Å². The molecule has 0 aliphatic carbocycles. The van der Waals surface area contributed by atoms with Gasteiger partial charge >= 0.3 is 0 Å². The van der Waals surface area contributed by atoms with Crippen molar-refractivity contribution in [3.63, 3.8) is 0 Å². The largest absolute Gasteiger partial charge is 0.352 e. The lowest BCUT2D eigenvalue weighted by Crippen LogP contribution is -2.54. The molecule has 4 aromatic carbocycles. The number of halogens is 2. The molecule has 0 aliphatic heterocycles. The van der Waals surface area contributed by atoms with Gasteiger partial charge in [-0.05, 0) is 96.1 Å². The Kier molecular flexibility index (Phi) is 11.2. The Morgan fingerprint density at radius 1 is 0.814 bits per heavy atom. The van der Waals surface area contributed by atoms with Gasteiger partial charge in [-0.1, -0.05) is 72.3 Å². The Labute approximate surface area is 272 Å². The van der Waals surface area contributed by atoms with Crippen LogP contribution in [0.4, 0.5) is 5.69 Å². The second kappa shape index (κ2) is 14.9. The van der Waals surface area contributed by atoms with Crippen molar-refractivity contribution in [3.8, 4) is 0 Å². The zero-order chi connectivity index (χ0) is 31.0. The van der Waals surface area contributed by atoms with Crippen molar-refractivity contribution in [2.75, 3.05) is 10.8 Å². The van der Waals surface area contributed by atoms with Gasteiger partial charge in [-0.15, -0.1) is 0 Å². The zero-order valence-electron chi connectivity index (χ0n) is 23.9. The number of amides is 2. The summed E-state index contributed by atoms with van der Waals surface area (Å²) in [4.78, 5) is 29.6. The molecule has 7 nitrogen and oxygen atoms in total. The van der Waals surface area contributed by atoms with E-state index in [1.165, 1.54) is 17.0 Å². The highest BCUT2D eigenvalue weighted by Gasteiger charge is 2.34. The molecule has 4 rings (SSSR count). The van der Waals surface area contributed by atoms with Crippen molar-refractivity contribution in [1.82, 2.24) is 10.2 Å². The summed E-state index contributed by atoms with van der Waals surface area (Å²) >= 11 is 8.27. The number of nitrogens with one attached hydrogen (secondary N) is 1. The number of carbonyl (C=O) groups is 2. The third kappa shape index (κ3) is 8.81. The SMILES string of the molecule is CC(C)NC(=O)[C@H](Cc1ccccc1)N(Cc1ccc(Cl)cc1)C(=O)CN(c1ccc(I)cc1)S(=O)(=O)c1ccccc1. The molecule has 4 aromatic rings. The second-order valence-electron chi connectivity index (χ2n) is 10.3. The highest BCUT2D eigenvalue weighted by Crippen LogP contribution is 2.26. The molecule has 43 heavy (non-hydrogen) atoms. The van der Waals surface area contributed by atoms with Gasteiger partial charge < -0.3 is 10.2 Å². The van der Waals surface area contributed by atoms with E-state index in [2.05, 4.69) is 27.9 Å². The van der Waals surface area contributed by atoms with E-state index < -0.39 is 28.5 Å². The lowest BCUT2D eigenvalue weighted by atomic mass is 10.0. The number of hydrogen-bond acceptors (Lipinski definition) is 4. The molecule has 0 spiro atoms. The molecular weight excluding hydrogens is 697 g/mol. The third-order valence-electron chi connectivity index (χ3n) is 6.69. The summed E-state index contributed by atoms with van der Waals surface area (Å²) in [7, 11) is -4.13. The molecule has 0 heterocycles. The Morgan fingerprint density at radius 3 is 1.98 bits per heavy atom. The normalized spacial score (nSPS) is 12.0. The number of carbonyl (C=O) groups excluding carboxylic acids is 2. The molecule has 0 aromatic heterocycles. The van der Waals surface area contributed by atoms with Crippen molar-refractivity contribution < 1.29 is 18.0 Å². The van der Waals surface area contributed by atoms with Gasteiger partial charge in [-0.2, -0.15) is 0 Å². The maximum absolute atomic E-state index is 14.4. The van der Waals surface area contributed by atoms with E-state index in [4.69, 9.17) is 11.6 Å². The van der Waals surface area contributed by atoms with Gasteiger partial charge in [0.25, 0.3) is 10.0 Å². The Morgan fingerprint density at radius 2 is 1.40 bits per heavy atom. The van der Waals surface area contributed by atoms with E-state index in [0.717, 1.165) is 19.0 Å². The van der Waals surface area contributed by atoms with Crippen molar-refractivity contribution in [3.05, 3.63) is 129 Å². The number of rotatable bonds is 12. The average Bonchev–Trinajstić information content (AvgIpc) is 2.99. The van der Waals surface area contributed by atoms with E-state index in [1.807, 2.05) is 44.2 Å². The van der Waals surface area contributed by atoms with E-state index >= 15 is 0 Å². The minimum absolute atomic E-state index is 0.0592. The maximum Gasteiger partial charge on any atom is 0.264 e. The first kappa shape index (κ1) is 32.5. The Balaban J connectivity index is 1.79. The summed E-state index contributed by atoms with van der Waals surface area (Å²) in [6.45, 7) is 3.28. The number of benzene rings is 4. The monoisotopic (exact) mass is 729 g/mol. The van der Waals surface area contributed by atoms with Crippen molar-refractivity contribution >= 4 is 61.7 Å². The molecule has 224 valence electrons. The molecule has 0 saturated carbocycles. The van der Waals surface area contributed by atoms with Crippen molar-refractivity contribution in [1.29, 1.82) is 0 Å². The number of hydrogen-bond donors (Lipinski definition) is 1. The summed E-state index contributed by atoms with van der Waals surface area (Å²) in [6.07, 6.45) is 0.244. The molecule has 0 bridgehead atoms. The van der Waals surface area contributed by atoms with Crippen LogP contribution in [0.1, 0.15) is 25.0 Å². The summed E-state index contributed by atoms with van der Waals surface area (Å²) in [5.74, 6) is -0.847. The number of sulfonamides is 1. The fourth-order valence-electron chi connectivity index (χ4n) is 4.58. The van der Waals surface area contributed by atoms with E-state index in [9.17, 15) is 18.0 Å². The lowest BCUT2D eigenvalue weighted by Gasteiger charge is -2.34.